The zero-order valence-electron chi connectivity index (χ0n) is 11.9. The Balaban J connectivity index is 2.23. The Morgan fingerprint density at radius 1 is 1.22 bits per heavy atom. The second kappa shape index (κ2) is 6.18. The molecule has 0 atom stereocenters. The van der Waals surface area contributed by atoms with Crippen LogP contribution in [0.15, 0.2) is 57.6 Å². The van der Waals surface area contributed by atoms with Gasteiger partial charge in [0.1, 0.15) is 11.5 Å². The van der Waals surface area contributed by atoms with E-state index in [-0.39, 0.29) is 12.4 Å². The Morgan fingerprint density at radius 3 is 2.74 bits per heavy atom. The molecule has 0 aliphatic carbocycles. The molecular weight excluding hydrogens is 319 g/mol. The van der Waals surface area contributed by atoms with E-state index in [1.54, 1.807) is 36.4 Å². The Labute approximate surface area is 136 Å². The van der Waals surface area contributed by atoms with E-state index >= 15 is 0 Å². The molecule has 3 N–H and O–H groups in total. The van der Waals surface area contributed by atoms with Gasteiger partial charge in [0.25, 0.3) is 0 Å². The van der Waals surface area contributed by atoms with Crippen molar-refractivity contribution in [1.29, 1.82) is 0 Å². The van der Waals surface area contributed by atoms with Crippen LogP contribution in [-0.4, -0.2) is 29.0 Å². The minimum absolute atomic E-state index is 0.0614. The molecule has 3 rings (SSSR count). The second-order valence-electron chi connectivity index (χ2n) is 4.85. The van der Waals surface area contributed by atoms with Crippen LogP contribution in [0.2, 0.25) is 5.02 Å². The Morgan fingerprint density at radius 2 is 2.00 bits per heavy atom. The first-order valence-corrected chi connectivity index (χ1v) is 7.12. The van der Waals surface area contributed by atoms with Crippen LogP contribution < -0.4 is 5.73 Å². The number of benzene rings is 2. The van der Waals surface area contributed by atoms with E-state index in [1.807, 2.05) is 0 Å². The molecule has 116 valence electrons. The van der Waals surface area contributed by atoms with Gasteiger partial charge < -0.3 is 10.9 Å². The molecule has 23 heavy (non-hydrogen) atoms. The summed E-state index contributed by atoms with van der Waals surface area (Å²) in [7, 11) is 0. The lowest BCUT2D eigenvalue weighted by Gasteiger charge is -2.09. The predicted molar refractivity (Wildman–Crippen MR) is 88.9 cm³/mol. The van der Waals surface area contributed by atoms with E-state index in [0.29, 0.717) is 33.3 Å². The van der Waals surface area contributed by atoms with Crippen molar-refractivity contribution in [1.82, 2.24) is 0 Å². The molecular formula is C16H12ClFN4O. The van der Waals surface area contributed by atoms with Crippen molar-refractivity contribution in [2.75, 3.05) is 6.54 Å². The first-order chi connectivity index (χ1) is 11.1. The normalized spacial score (nSPS) is 14.6. The predicted octanol–water partition coefficient (Wildman–Crippen LogP) is 3.15. The average molecular weight is 331 g/mol. The third-order valence-corrected chi connectivity index (χ3v) is 3.62. The number of oxime groups is 1. The molecule has 1 aliphatic rings. The van der Waals surface area contributed by atoms with Crippen molar-refractivity contribution in [3.8, 4) is 0 Å². The van der Waals surface area contributed by atoms with Gasteiger partial charge in [0.2, 0.25) is 0 Å². The van der Waals surface area contributed by atoms with Crippen molar-refractivity contribution < 1.29 is 9.60 Å². The fourth-order valence-electron chi connectivity index (χ4n) is 2.29. The molecule has 0 aromatic heterocycles. The number of aliphatic imine (C=N–C) groups is 2. The molecule has 5 nitrogen and oxygen atoms in total. The fraction of sp³-hybridized carbons (Fsp3) is 0.0625. The van der Waals surface area contributed by atoms with E-state index in [0.717, 1.165) is 0 Å². The van der Waals surface area contributed by atoms with Gasteiger partial charge in [-0.1, -0.05) is 28.9 Å². The highest BCUT2D eigenvalue weighted by atomic mass is 35.5. The summed E-state index contributed by atoms with van der Waals surface area (Å²) >= 11 is 6.06. The summed E-state index contributed by atoms with van der Waals surface area (Å²) in [6.07, 6.45) is 0. The third kappa shape index (κ3) is 2.93. The number of nitrogens with two attached hydrogens (primary N) is 1. The monoisotopic (exact) mass is 330 g/mol. The van der Waals surface area contributed by atoms with Crippen molar-refractivity contribution in [3.05, 3.63) is 64.4 Å². The quantitative estimate of drug-likeness (QED) is 0.384. The molecule has 0 saturated heterocycles. The average Bonchev–Trinajstić information content (AvgIpc) is 2.74. The standard InChI is InChI=1S/C16H12ClFN4O/c17-9-5-6-13-11(7-9)15(10-3-1-2-4-12(10)18)20-8-14(21-13)16(19)22-23/h1-7,23H,8H2,(H2,19,22). The van der Waals surface area contributed by atoms with Gasteiger partial charge in [-0.05, 0) is 30.3 Å². The van der Waals surface area contributed by atoms with Crippen LogP contribution in [0.5, 0.6) is 0 Å². The topological polar surface area (TPSA) is 83.3 Å². The van der Waals surface area contributed by atoms with Gasteiger partial charge in [0, 0.05) is 16.1 Å². The summed E-state index contributed by atoms with van der Waals surface area (Å²) in [6, 6.07) is 11.3. The SMILES string of the molecule is NC(=NO)C1=Nc2ccc(Cl)cc2C(c2ccccc2F)=NC1. The first-order valence-electron chi connectivity index (χ1n) is 6.75. The second-order valence-corrected chi connectivity index (χ2v) is 5.29. The fourth-order valence-corrected chi connectivity index (χ4v) is 2.47. The lowest BCUT2D eigenvalue weighted by atomic mass is 10.0. The van der Waals surface area contributed by atoms with E-state index in [4.69, 9.17) is 22.5 Å². The van der Waals surface area contributed by atoms with Gasteiger partial charge in [0.05, 0.1) is 17.9 Å². The molecule has 0 fully saturated rings. The van der Waals surface area contributed by atoms with Crippen LogP contribution in [0, 0.1) is 5.82 Å². The van der Waals surface area contributed by atoms with Crippen molar-refractivity contribution >= 4 is 34.5 Å². The Kier molecular flexibility index (Phi) is 4.08. The minimum atomic E-state index is -0.399. The van der Waals surface area contributed by atoms with Crippen LogP contribution >= 0.6 is 11.6 Å². The molecule has 1 heterocycles. The van der Waals surface area contributed by atoms with Crippen molar-refractivity contribution in [2.24, 2.45) is 20.9 Å². The van der Waals surface area contributed by atoms with Gasteiger partial charge in [-0.2, -0.15) is 0 Å². The van der Waals surface area contributed by atoms with Gasteiger partial charge >= 0.3 is 0 Å². The van der Waals surface area contributed by atoms with Gasteiger partial charge in [-0.25, -0.2) is 9.38 Å². The first kappa shape index (κ1) is 15.2. The number of hydrogen-bond donors (Lipinski definition) is 2. The maximum Gasteiger partial charge on any atom is 0.186 e. The zero-order chi connectivity index (χ0) is 16.4. The maximum atomic E-state index is 14.2. The van der Waals surface area contributed by atoms with E-state index in [1.165, 1.54) is 6.07 Å². The smallest absolute Gasteiger partial charge is 0.186 e. The van der Waals surface area contributed by atoms with Crippen molar-refractivity contribution in [2.45, 2.75) is 0 Å². The summed E-state index contributed by atoms with van der Waals surface area (Å²) in [5.74, 6) is -0.533. The van der Waals surface area contributed by atoms with Crippen LogP contribution in [0.4, 0.5) is 10.1 Å². The number of amidine groups is 1. The van der Waals surface area contributed by atoms with Gasteiger partial charge in [-0.3, -0.25) is 4.99 Å². The molecule has 0 saturated carbocycles. The molecule has 2 aromatic rings. The Bertz CT molecular complexity index is 861. The van der Waals surface area contributed by atoms with Crippen LogP contribution in [0.25, 0.3) is 0 Å². The summed E-state index contributed by atoms with van der Waals surface area (Å²) in [5.41, 5.74) is 7.78. The molecule has 0 spiro atoms. The minimum Gasteiger partial charge on any atom is -0.409 e. The molecule has 1 aliphatic heterocycles. The number of nitrogens with zero attached hydrogens (tertiary/aromatic N) is 3. The summed E-state index contributed by atoms with van der Waals surface area (Å²) in [5, 5.41) is 12.3. The Hall–Kier alpha value is -2.73. The van der Waals surface area contributed by atoms with Gasteiger partial charge in [0.15, 0.2) is 5.84 Å². The van der Waals surface area contributed by atoms with E-state index in [9.17, 15) is 4.39 Å². The molecule has 0 radical (unpaired) electrons. The number of halogens is 2. The molecule has 0 unspecified atom stereocenters. The third-order valence-electron chi connectivity index (χ3n) is 3.39. The molecule has 7 heteroatoms. The molecule has 0 amide bonds. The highest BCUT2D eigenvalue weighted by Crippen LogP contribution is 2.29. The van der Waals surface area contributed by atoms with Crippen LogP contribution in [-0.2, 0) is 0 Å². The maximum absolute atomic E-state index is 14.2. The summed E-state index contributed by atoms with van der Waals surface area (Å²) < 4.78 is 14.2. The lowest BCUT2D eigenvalue weighted by Crippen LogP contribution is -2.26. The molecule has 0 bridgehead atoms. The number of hydrogen-bond acceptors (Lipinski definition) is 4. The van der Waals surface area contributed by atoms with Gasteiger partial charge in [-0.15, -0.1) is 0 Å². The largest absolute Gasteiger partial charge is 0.409 e. The highest BCUT2D eigenvalue weighted by molar-refractivity contribution is 6.43. The number of fused-ring (bicyclic) bond motifs is 1. The lowest BCUT2D eigenvalue weighted by molar-refractivity contribution is 0.319. The highest BCUT2D eigenvalue weighted by Gasteiger charge is 2.20. The zero-order valence-corrected chi connectivity index (χ0v) is 12.6. The van der Waals surface area contributed by atoms with E-state index in [2.05, 4.69) is 15.1 Å². The summed E-state index contributed by atoms with van der Waals surface area (Å²) in [6.45, 7) is 0.0614. The molecule has 2 aromatic carbocycles. The van der Waals surface area contributed by atoms with Crippen molar-refractivity contribution in [3.63, 3.8) is 0 Å². The van der Waals surface area contributed by atoms with E-state index < -0.39 is 5.82 Å². The van der Waals surface area contributed by atoms with Crippen LogP contribution in [0.1, 0.15) is 11.1 Å². The summed E-state index contributed by atoms with van der Waals surface area (Å²) in [4.78, 5) is 8.76. The number of rotatable bonds is 2. The van der Waals surface area contributed by atoms with Crippen LogP contribution in [0.3, 0.4) is 0 Å².